The monoisotopic (exact) mass is 200 g/mol. The Balaban J connectivity index is 2.01. The summed E-state index contributed by atoms with van der Waals surface area (Å²) in [6.45, 7) is 1.10. The second-order valence-corrected chi connectivity index (χ2v) is 3.81. The van der Waals surface area contributed by atoms with E-state index in [1.54, 1.807) is 0 Å². The number of amides is 1. The number of hydrogen-bond acceptors (Lipinski definition) is 3. The molecule has 1 saturated carbocycles. The van der Waals surface area contributed by atoms with Gasteiger partial charge in [0.05, 0.1) is 0 Å². The molecule has 0 aromatic rings. The molecule has 82 valence electrons. The fourth-order valence-electron chi connectivity index (χ4n) is 1.90. The van der Waals surface area contributed by atoms with E-state index in [2.05, 4.69) is 10.1 Å². The first-order valence-corrected chi connectivity index (χ1v) is 5.44. The lowest BCUT2D eigenvalue weighted by molar-refractivity contribution is 0.155. The van der Waals surface area contributed by atoms with Crippen LogP contribution >= 0.6 is 0 Å². The summed E-state index contributed by atoms with van der Waals surface area (Å²) in [5, 5.41) is 3.38. The SMILES string of the molecule is NC(=O)OCCNC1CCCCCC1. The quantitative estimate of drug-likeness (QED) is 0.532. The van der Waals surface area contributed by atoms with Gasteiger partial charge in [0.1, 0.15) is 6.61 Å². The van der Waals surface area contributed by atoms with Crippen LogP contribution in [-0.4, -0.2) is 25.3 Å². The fourth-order valence-corrected chi connectivity index (χ4v) is 1.90. The van der Waals surface area contributed by atoms with Gasteiger partial charge in [-0.1, -0.05) is 25.7 Å². The average molecular weight is 200 g/mol. The third-order valence-electron chi connectivity index (χ3n) is 2.63. The molecule has 3 N–H and O–H groups in total. The third kappa shape index (κ3) is 5.07. The van der Waals surface area contributed by atoms with E-state index in [1.807, 2.05) is 0 Å². The third-order valence-corrected chi connectivity index (χ3v) is 2.63. The zero-order valence-corrected chi connectivity index (χ0v) is 8.63. The lowest BCUT2D eigenvalue weighted by Gasteiger charge is -2.15. The van der Waals surface area contributed by atoms with Crippen LogP contribution in [0.25, 0.3) is 0 Å². The Labute approximate surface area is 85.2 Å². The molecular formula is C10H20N2O2. The molecule has 0 spiro atoms. The van der Waals surface area contributed by atoms with E-state index in [0.29, 0.717) is 19.2 Å². The topological polar surface area (TPSA) is 64.4 Å². The second kappa shape index (κ2) is 6.65. The van der Waals surface area contributed by atoms with Crippen molar-refractivity contribution in [2.75, 3.05) is 13.2 Å². The number of ether oxygens (including phenoxy) is 1. The molecule has 0 saturated heterocycles. The lowest BCUT2D eigenvalue weighted by atomic mass is 10.1. The van der Waals surface area contributed by atoms with Crippen molar-refractivity contribution in [3.05, 3.63) is 0 Å². The Kier molecular flexibility index (Phi) is 5.37. The van der Waals surface area contributed by atoms with Crippen LogP contribution in [0.5, 0.6) is 0 Å². The van der Waals surface area contributed by atoms with E-state index >= 15 is 0 Å². The zero-order valence-electron chi connectivity index (χ0n) is 8.63. The smallest absolute Gasteiger partial charge is 0.404 e. The molecule has 4 nitrogen and oxygen atoms in total. The van der Waals surface area contributed by atoms with E-state index in [-0.39, 0.29) is 0 Å². The van der Waals surface area contributed by atoms with Gasteiger partial charge < -0.3 is 15.8 Å². The molecule has 1 aliphatic carbocycles. The van der Waals surface area contributed by atoms with Crippen molar-refractivity contribution in [3.8, 4) is 0 Å². The Morgan fingerprint density at radius 3 is 2.50 bits per heavy atom. The maximum Gasteiger partial charge on any atom is 0.404 e. The van der Waals surface area contributed by atoms with Crippen molar-refractivity contribution in [3.63, 3.8) is 0 Å². The molecule has 14 heavy (non-hydrogen) atoms. The number of hydrogen-bond donors (Lipinski definition) is 2. The van der Waals surface area contributed by atoms with E-state index in [1.165, 1.54) is 38.5 Å². The first-order chi connectivity index (χ1) is 6.79. The fraction of sp³-hybridized carbons (Fsp3) is 0.900. The predicted molar refractivity (Wildman–Crippen MR) is 55.0 cm³/mol. The molecular weight excluding hydrogens is 180 g/mol. The number of rotatable bonds is 4. The molecule has 0 aromatic carbocycles. The van der Waals surface area contributed by atoms with Gasteiger partial charge in [-0.25, -0.2) is 4.79 Å². The maximum absolute atomic E-state index is 10.3. The van der Waals surface area contributed by atoms with Gasteiger partial charge in [0, 0.05) is 12.6 Å². The molecule has 0 atom stereocenters. The molecule has 0 aromatic heterocycles. The zero-order chi connectivity index (χ0) is 10.2. The van der Waals surface area contributed by atoms with Gasteiger partial charge >= 0.3 is 6.09 Å². The van der Waals surface area contributed by atoms with Crippen LogP contribution < -0.4 is 11.1 Å². The molecule has 1 rings (SSSR count). The lowest BCUT2D eigenvalue weighted by Crippen LogP contribution is -2.32. The molecule has 0 heterocycles. The van der Waals surface area contributed by atoms with E-state index < -0.39 is 6.09 Å². The van der Waals surface area contributed by atoms with Crippen LogP contribution in [0.1, 0.15) is 38.5 Å². The Bertz CT molecular complexity index is 166. The summed E-state index contributed by atoms with van der Waals surface area (Å²) in [5.41, 5.74) is 4.85. The Morgan fingerprint density at radius 1 is 1.29 bits per heavy atom. The van der Waals surface area contributed by atoms with Gasteiger partial charge in [-0.3, -0.25) is 0 Å². The number of primary amides is 1. The highest BCUT2D eigenvalue weighted by molar-refractivity contribution is 5.64. The van der Waals surface area contributed by atoms with Gasteiger partial charge in [0.25, 0.3) is 0 Å². The van der Waals surface area contributed by atoms with Crippen molar-refractivity contribution in [1.29, 1.82) is 0 Å². The van der Waals surface area contributed by atoms with Crippen LogP contribution in [-0.2, 0) is 4.74 Å². The number of nitrogens with two attached hydrogens (primary N) is 1. The summed E-state index contributed by atoms with van der Waals surface area (Å²) in [4.78, 5) is 10.3. The summed E-state index contributed by atoms with van der Waals surface area (Å²) in [6, 6.07) is 0.606. The second-order valence-electron chi connectivity index (χ2n) is 3.81. The predicted octanol–water partition coefficient (Wildman–Crippen LogP) is 1.39. The largest absolute Gasteiger partial charge is 0.448 e. The maximum atomic E-state index is 10.3. The van der Waals surface area contributed by atoms with Gasteiger partial charge in [0.2, 0.25) is 0 Å². The first-order valence-electron chi connectivity index (χ1n) is 5.44. The Morgan fingerprint density at radius 2 is 1.93 bits per heavy atom. The van der Waals surface area contributed by atoms with Crippen LogP contribution in [0.4, 0.5) is 4.79 Å². The van der Waals surface area contributed by atoms with Crippen LogP contribution in [0.3, 0.4) is 0 Å². The van der Waals surface area contributed by atoms with Gasteiger partial charge in [-0.2, -0.15) is 0 Å². The van der Waals surface area contributed by atoms with Crippen molar-refractivity contribution in [2.45, 2.75) is 44.6 Å². The highest BCUT2D eigenvalue weighted by Crippen LogP contribution is 2.16. The van der Waals surface area contributed by atoms with E-state index in [4.69, 9.17) is 5.73 Å². The molecule has 0 radical (unpaired) electrons. The highest BCUT2D eigenvalue weighted by Gasteiger charge is 2.10. The summed E-state index contributed by atoms with van der Waals surface area (Å²) < 4.78 is 4.64. The van der Waals surface area contributed by atoms with Crippen molar-refractivity contribution in [1.82, 2.24) is 5.32 Å². The number of carbonyl (C=O) groups is 1. The minimum atomic E-state index is -0.687. The highest BCUT2D eigenvalue weighted by atomic mass is 16.5. The molecule has 0 bridgehead atoms. The van der Waals surface area contributed by atoms with Crippen LogP contribution in [0.2, 0.25) is 0 Å². The molecule has 0 unspecified atom stereocenters. The minimum Gasteiger partial charge on any atom is -0.448 e. The molecule has 1 amide bonds. The summed E-state index contributed by atoms with van der Waals surface area (Å²) in [7, 11) is 0. The van der Waals surface area contributed by atoms with E-state index in [9.17, 15) is 4.79 Å². The standard InChI is InChI=1S/C10H20N2O2/c11-10(13)14-8-7-12-9-5-3-1-2-4-6-9/h9,12H,1-8H2,(H2,11,13). The van der Waals surface area contributed by atoms with Crippen LogP contribution in [0, 0.1) is 0 Å². The molecule has 1 fully saturated rings. The molecule has 4 heteroatoms. The first kappa shape index (κ1) is 11.3. The van der Waals surface area contributed by atoms with Crippen molar-refractivity contribution in [2.24, 2.45) is 5.73 Å². The number of carbonyl (C=O) groups excluding carboxylic acids is 1. The molecule has 1 aliphatic rings. The van der Waals surface area contributed by atoms with Gasteiger partial charge in [-0.15, -0.1) is 0 Å². The summed E-state index contributed by atoms with van der Waals surface area (Å²) in [5.74, 6) is 0. The summed E-state index contributed by atoms with van der Waals surface area (Å²) >= 11 is 0. The molecule has 0 aliphatic heterocycles. The average Bonchev–Trinajstić information content (AvgIpc) is 2.40. The van der Waals surface area contributed by atoms with Gasteiger partial charge in [-0.05, 0) is 12.8 Å². The number of nitrogens with one attached hydrogen (secondary N) is 1. The van der Waals surface area contributed by atoms with Crippen molar-refractivity contribution < 1.29 is 9.53 Å². The van der Waals surface area contributed by atoms with E-state index in [0.717, 1.165) is 0 Å². The Hall–Kier alpha value is -0.770. The van der Waals surface area contributed by atoms with Crippen LogP contribution in [0.15, 0.2) is 0 Å². The van der Waals surface area contributed by atoms with Crippen molar-refractivity contribution >= 4 is 6.09 Å². The van der Waals surface area contributed by atoms with Gasteiger partial charge in [0.15, 0.2) is 0 Å². The minimum absolute atomic E-state index is 0.381. The summed E-state index contributed by atoms with van der Waals surface area (Å²) in [6.07, 6.45) is 7.15. The normalized spacial score (nSPS) is 18.9.